The van der Waals surface area contributed by atoms with Gasteiger partial charge in [0, 0.05) is 30.2 Å². The molecule has 1 aromatic carbocycles. The van der Waals surface area contributed by atoms with E-state index in [0.717, 1.165) is 24.6 Å². The number of nitrogens with zero attached hydrogens (tertiary/aromatic N) is 2. The van der Waals surface area contributed by atoms with Crippen molar-refractivity contribution in [2.45, 2.75) is 45.8 Å². The van der Waals surface area contributed by atoms with Crippen LogP contribution in [0.4, 0.5) is 5.69 Å². The fourth-order valence-electron chi connectivity index (χ4n) is 3.02. The second kappa shape index (κ2) is 6.58. The predicted octanol–water partition coefficient (Wildman–Crippen LogP) is 3.73. The molecule has 1 unspecified atom stereocenters. The van der Waals surface area contributed by atoms with Crippen LogP contribution >= 0.6 is 11.3 Å². The van der Waals surface area contributed by atoms with Crippen LogP contribution < -0.4 is 10.2 Å². The minimum Gasteiger partial charge on any atom is -0.364 e. The maximum absolute atomic E-state index is 4.64. The highest BCUT2D eigenvalue weighted by Gasteiger charge is 2.21. The Labute approximate surface area is 131 Å². The molecule has 1 atom stereocenters. The van der Waals surface area contributed by atoms with Gasteiger partial charge in [-0.1, -0.05) is 31.5 Å². The maximum Gasteiger partial charge on any atom is 0.0898 e. The molecule has 0 radical (unpaired) electrons. The average Bonchev–Trinajstić information content (AvgIpc) is 2.81. The van der Waals surface area contributed by atoms with Crippen LogP contribution in [0.1, 0.15) is 36.0 Å². The van der Waals surface area contributed by atoms with Gasteiger partial charge in [-0.25, -0.2) is 4.98 Å². The normalized spacial score (nSPS) is 18.4. The fraction of sp³-hybridized carbons (Fsp3) is 0.471. The molecular weight excluding hydrogens is 278 g/mol. The largest absolute Gasteiger partial charge is 0.364 e. The summed E-state index contributed by atoms with van der Waals surface area (Å²) in [6, 6.07) is 9.30. The molecule has 1 aliphatic heterocycles. The van der Waals surface area contributed by atoms with E-state index < -0.39 is 0 Å². The number of hydrogen-bond acceptors (Lipinski definition) is 4. The van der Waals surface area contributed by atoms with Crippen LogP contribution in [0.3, 0.4) is 0 Å². The second-order valence-electron chi connectivity index (χ2n) is 5.73. The number of para-hydroxylation sites is 1. The minimum atomic E-state index is 0.558. The number of benzene rings is 1. The van der Waals surface area contributed by atoms with Crippen LogP contribution in [0.25, 0.3) is 0 Å². The Morgan fingerprint density at radius 1 is 1.38 bits per heavy atom. The highest BCUT2D eigenvalue weighted by molar-refractivity contribution is 7.09. The number of anilines is 1. The Bertz CT molecular complexity index is 593. The first-order chi connectivity index (χ1) is 10.3. The fourth-order valence-corrected chi connectivity index (χ4v) is 3.62. The van der Waals surface area contributed by atoms with Gasteiger partial charge in [-0.15, -0.1) is 11.3 Å². The number of fused-ring (bicyclic) bond motifs is 1. The summed E-state index contributed by atoms with van der Waals surface area (Å²) < 4.78 is 0. The highest BCUT2D eigenvalue weighted by Crippen LogP contribution is 2.26. The summed E-state index contributed by atoms with van der Waals surface area (Å²) in [4.78, 5) is 7.13. The van der Waals surface area contributed by atoms with E-state index in [4.69, 9.17) is 0 Å². The monoisotopic (exact) mass is 301 g/mol. The Hall–Kier alpha value is -1.39. The first kappa shape index (κ1) is 14.5. The first-order valence-electron chi connectivity index (χ1n) is 7.73. The zero-order chi connectivity index (χ0) is 14.7. The van der Waals surface area contributed by atoms with Crippen molar-refractivity contribution in [2.24, 2.45) is 0 Å². The lowest BCUT2D eigenvalue weighted by Gasteiger charge is -2.27. The summed E-state index contributed by atoms with van der Waals surface area (Å²) in [6.45, 7) is 7.26. The molecule has 21 heavy (non-hydrogen) atoms. The van der Waals surface area contributed by atoms with Gasteiger partial charge in [-0.2, -0.15) is 0 Å². The third kappa shape index (κ3) is 3.44. The van der Waals surface area contributed by atoms with Crippen molar-refractivity contribution in [3.63, 3.8) is 0 Å². The van der Waals surface area contributed by atoms with Crippen LogP contribution in [0.5, 0.6) is 0 Å². The molecular formula is C17H23N3S. The molecule has 1 aliphatic rings. The number of nitrogens with one attached hydrogen (secondary N) is 1. The molecule has 0 saturated heterocycles. The van der Waals surface area contributed by atoms with Crippen LogP contribution in [-0.2, 0) is 13.1 Å². The molecule has 0 bridgehead atoms. The van der Waals surface area contributed by atoms with Crippen molar-refractivity contribution in [1.29, 1.82) is 0 Å². The standard InChI is InChI=1S/C17H23N3S/c1-3-6-15-10-20(11-16-12-21-13(2)19-16)17-8-5-4-7-14(17)9-18-15/h4-5,7-8,12,15,18H,3,6,9-11H2,1-2H3. The molecule has 0 saturated carbocycles. The van der Waals surface area contributed by atoms with E-state index in [-0.39, 0.29) is 0 Å². The summed E-state index contributed by atoms with van der Waals surface area (Å²) in [5, 5.41) is 7.04. The van der Waals surface area contributed by atoms with Crippen molar-refractivity contribution in [3.8, 4) is 0 Å². The molecule has 1 aromatic heterocycles. The zero-order valence-electron chi connectivity index (χ0n) is 12.8. The van der Waals surface area contributed by atoms with Crippen LogP contribution in [0.15, 0.2) is 29.6 Å². The number of aryl methyl sites for hydroxylation is 1. The van der Waals surface area contributed by atoms with Gasteiger partial charge in [0.2, 0.25) is 0 Å². The smallest absolute Gasteiger partial charge is 0.0898 e. The Morgan fingerprint density at radius 2 is 2.24 bits per heavy atom. The summed E-state index contributed by atoms with van der Waals surface area (Å²) in [6.07, 6.45) is 2.44. The molecule has 2 aromatic rings. The number of rotatable bonds is 4. The van der Waals surface area contributed by atoms with Crippen LogP contribution in [0, 0.1) is 6.92 Å². The van der Waals surface area contributed by atoms with Crippen LogP contribution in [0.2, 0.25) is 0 Å². The third-order valence-corrected chi connectivity index (χ3v) is 4.83. The Balaban J connectivity index is 1.86. The van der Waals surface area contributed by atoms with Gasteiger partial charge in [0.1, 0.15) is 0 Å². The minimum absolute atomic E-state index is 0.558. The van der Waals surface area contributed by atoms with E-state index in [0.29, 0.717) is 6.04 Å². The lowest BCUT2D eigenvalue weighted by Crippen LogP contribution is -2.37. The van der Waals surface area contributed by atoms with E-state index in [1.807, 2.05) is 0 Å². The Morgan fingerprint density at radius 3 is 3.00 bits per heavy atom. The lowest BCUT2D eigenvalue weighted by molar-refractivity contribution is 0.479. The highest BCUT2D eigenvalue weighted by atomic mass is 32.1. The molecule has 0 fully saturated rings. The van der Waals surface area contributed by atoms with Gasteiger partial charge < -0.3 is 10.2 Å². The molecule has 3 nitrogen and oxygen atoms in total. The Kier molecular flexibility index (Phi) is 4.56. The number of aromatic nitrogens is 1. The van der Waals surface area contributed by atoms with E-state index in [1.165, 1.54) is 29.8 Å². The molecule has 3 rings (SSSR count). The molecule has 112 valence electrons. The topological polar surface area (TPSA) is 28.2 Å². The van der Waals surface area contributed by atoms with Gasteiger partial charge in [0.25, 0.3) is 0 Å². The summed E-state index contributed by atoms with van der Waals surface area (Å²) in [7, 11) is 0. The van der Waals surface area contributed by atoms with E-state index in [2.05, 4.69) is 58.7 Å². The lowest BCUT2D eigenvalue weighted by atomic mass is 10.1. The molecule has 0 spiro atoms. The molecule has 0 aliphatic carbocycles. The quantitative estimate of drug-likeness (QED) is 0.932. The van der Waals surface area contributed by atoms with Gasteiger partial charge in [-0.05, 0) is 25.0 Å². The third-order valence-electron chi connectivity index (χ3n) is 4.01. The number of hydrogen-bond donors (Lipinski definition) is 1. The van der Waals surface area contributed by atoms with Gasteiger partial charge in [0.05, 0.1) is 17.2 Å². The van der Waals surface area contributed by atoms with Gasteiger partial charge in [0.15, 0.2) is 0 Å². The predicted molar refractivity (Wildman–Crippen MR) is 89.9 cm³/mol. The van der Waals surface area contributed by atoms with E-state index in [9.17, 15) is 0 Å². The summed E-state index contributed by atoms with van der Waals surface area (Å²) >= 11 is 1.74. The molecule has 1 N–H and O–H groups in total. The molecule has 4 heteroatoms. The zero-order valence-corrected chi connectivity index (χ0v) is 13.6. The van der Waals surface area contributed by atoms with E-state index in [1.54, 1.807) is 11.3 Å². The van der Waals surface area contributed by atoms with Crippen molar-refractivity contribution in [3.05, 3.63) is 45.9 Å². The SMILES string of the molecule is CCCC1CN(Cc2csc(C)n2)c2ccccc2CN1. The van der Waals surface area contributed by atoms with Crippen molar-refractivity contribution >= 4 is 17.0 Å². The van der Waals surface area contributed by atoms with Crippen molar-refractivity contribution in [1.82, 2.24) is 10.3 Å². The average molecular weight is 301 g/mol. The van der Waals surface area contributed by atoms with Gasteiger partial charge >= 0.3 is 0 Å². The number of thiazole rings is 1. The maximum atomic E-state index is 4.64. The van der Waals surface area contributed by atoms with Crippen LogP contribution in [-0.4, -0.2) is 17.6 Å². The summed E-state index contributed by atoms with van der Waals surface area (Å²) in [5.41, 5.74) is 3.93. The first-order valence-corrected chi connectivity index (χ1v) is 8.61. The second-order valence-corrected chi connectivity index (χ2v) is 6.80. The van der Waals surface area contributed by atoms with Crippen molar-refractivity contribution in [2.75, 3.05) is 11.4 Å². The summed E-state index contributed by atoms with van der Waals surface area (Å²) in [5.74, 6) is 0. The molecule has 0 amide bonds. The van der Waals surface area contributed by atoms with Gasteiger partial charge in [-0.3, -0.25) is 0 Å². The van der Waals surface area contributed by atoms with Crippen molar-refractivity contribution < 1.29 is 0 Å². The molecule has 2 heterocycles. The van der Waals surface area contributed by atoms with E-state index >= 15 is 0 Å².